The van der Waals surface area contributed by atoms with Gasteiger partial charge in [0, 0.05) is 5.41 Å². The van der Waals surface area contributed by atoms with Crippen molar-refractivity contribution in [2.75, 3.05) is 12.3 Å². The van der Waals surface area contributed by atoms with E-state index in [2.05, 4.69) is 25.3 Å². The van der Waals surface area contributed by atoms with E-state index in [0.29, 0.717) is 5.41 Å². The molecule has 0 aliphatic carbocycles. The highest BCUT2D eigenvalue weighted by Gasteiger charge is 2.26. The van der Waals surface area contributed by atoms with Gasteiger partial charge in [-0.15, -0.1) is 21.7 Å². The van der Waals surface area contributed by atoms with Crippen LogP contribution < -0.4 is 0 Å². The summed E-state index contributed by atoms with van der Waals surface area (Å²) in [7, 11) is 1.13. The van der Waals surface area contributed by atoms with E-state index in [0.717, 1.165) is 8.58 Å². The molecule has 1 saturated heterocycles. The summed E-state index contributed by atoms with van der Waals surface area (Å²) in [6, 6.07) is 0. The maximum atomic E-state index is 3.82. The van der Waals surface area contributed by atoms with Crippen LogP contribution >= 0.6 is 8.58 Å². The summed E-state index contributed by atoms with van der Waals surface area (Å²) in [6.07, 6.45) is 8.05. The topological polar surface area (TPSA) is 0 Å². The van der Waals surface area contributed by atoms with E-state index in [1.165, 1.54) is 18.7 Å². The molecule has 0 nitrogen and oxygen atoms in total. The van der Waals surface area contributed by atoms with Crippen LogP contribution in [0, 0.1) is 5.41 Å². The Balaban J connectivity index is 2.66. The summed E-state index contributed by atoms with van der Waals surface area (Å²) < 4.78 is 0. The average molecular weight is 140 g/mol. The molecule has 1 atom stereocenters. The van der Waals surface area contributed by atoms with Gasteiger partial charge in [-0.2, -0.15) is 0 Å². The summed E-state index contributed by atoms with van der Waals surface area (Å²) in [5.41, 5.74) is 0.318. The third-order valence-corrected chi connectivity index (χ3v) is 3.55. The zero-order chi connectivity index (χ0) is 6.74. The van der Waals surface area contributed by atoms with Gasteiger partial charge in [0.05, 0.1) is 0 Å². The van der Waals surface area contributed by atoms with Crippen molar-refractivity contribution in [3.63, 3.8) is 0 Å². The zero-order valence-electron chi connectivity index (χ0n) is 5.69. The van der Waals surface area contributed by atoms with Crippen molar-refractivity contribution in [3.8, 4) is 0 Å². The van der Waals surface area contributed by atoms with E-state index in [4.69, 9.17) is 0 Å². The second kappa shape index (κ2) is 2.66. The van der Waals surface area contributed by atoms with Crippen LogP contribution in [-0.2, 0) is 0 Å². The molecule has 1 heterocycles. The molecule has 0 saturated carbocycles. The van der Waals surface area contributed by atoms with Crippen LogP contribution in [0.5, 0.6) is 0 Å². The van der Waals surface area contributed by atoms with Gasteiger partial charge in [0.25, 0.3) is 0 Å². The van der Waals surface area contributed by atoms with Gasteiger partial charge in [0.1, 0.15) is 0 Å². The Kier molecular flexibility index (Phi) is 2.08. The first-order valence-corrected chi connectivity index (χ1v) is 4.72. The van der Waals surface area contributed by atoms with Gasteiger partial charge >= 0.3 is 0 Å². The molecule has 1 heteroatoms. The van der Waals surface area contributed by atoms with Gasteiger partial charge in [-0.3, -0.25) is 0 Å². The highest BCUT2D eigenvalue weighted by molar-refractivity contribution is 7.38. The van der Waals surface area contributed by atoms with E-state index < -0.39 is 0 Å². The first-order valence-electron chi connectivity index (χ1n) is 3.31. The molecule has 0 amide bonds. The van der Waals surface area contributed by atoms with Gasteiger partial charge in [-0.05, 0) is 18.7 Å². The van der Waals surface area contributed by atoms with Crippen LogP contribution in [0.2, 0.25) is 0 Å². The SMILES string of the molecule is C=CC1(C=C)CCPC1. The Bertz CT molecular complexity index is 111. The predicted molar refractivity (Wildman–Crippen MR) is 45.5 cm³/mol. The lowest BCUT2D eigenvalue weighted by Gasteiger charge is -2.17. The Morgan fingerprint density at radius 3 is 2.22 bits per heavy atom. The molecular formula is C8H13P. The molecule has 1 rings (SSSR count). The lowest BCUT2D eigenvalue weighted by Crippen LogP contribution is -2.11. The number of hydrogen-bond donors (Lipinski definition) is 0. The molecule has 0 bridgehead atoms. The van der Waals surface area contributed by atoms with Crippen LogP contribution in [-0.4, -0.2) is 12.3 Å². The second-order valence-corrected chi connectivity index (χ2v) is 3.92. The summed E-state index contributed by atoms with van der Waals surface area (Å²) >= 11 is 0. The summed E-state index contributed by atoms with van der Waals surface area (Å²) in [5.74, 6) is 0. The standard InChI is InChI=1S/C8H13P/c1-3-8(4-2)5-6-9-7-8/h3-4,9H,1-2,5-7H2. The molecule has 0 radical (unpaired) electrons. The van der Waals surface area contributed by atoms with Crippen molar-refractivity contribution >= 4 is 8.58 Å². The second-order valence-electron chi connectivity index (χ2n) is 2.57. The number of hydrogen-bond acceptors (Lipinski definition) is 0. The smallest absolute Gasteiger partial charge is 0.00958 e. The lowest BCUT2D eigenvalue weighted by molar-refractivity contribution is 0.572. The largest absolute Gasteiger partial charge is 0.121 e. The van der Waals surface area contributed by atoms with Crippen molar-refractivity contribution in [1.82, 2.24) is 0 Å². The number of allylic oxidation sites excluding steroid dienone is 2. The Labute approximate surface area is 58.8 Å². The lowest BCUT2D eigenvalue weighted by atomic mass is 9.88. The van der Waals surface area contributed by atoms with Crippen molar-refractivity contribution in [3.05, 3.63) is 25.3 Å². The number of rotatable bonds is 2. The minimum absolute atomic E-state index is 0.318. The van der Waals surface area contributed by atoms with E-state index in [1.54, 1.807) is 0 Å². The molecule has 1 unspecified atom stereocenters. The van der Waals surface area contributed by atoms with E-state index in [-0.39, 0.29) is 0 Å². The average Bonchev–Trinajstić information content (AvgIpc) is 2.36. The molecule has 0 aromatic rings. The van der Waals surface area contributed by atoms with Crippen molar-refractivity contribution < 1.29 is 0 Å². The summed E-state index contributed by atoms with van der Waals surface area (Å²) in [6.45, 7) is 7.64. The Morgan fingerprint density at radius 1 is 1.33 bits per heavy atom. The van der Waals surface area contributed by atoms with Gasteiger partial charge < -0.3 is 0 Å². The van der Waals surface area contributed by atoms with Crippen molar-refractivity contribution in [2.45, 2.75) is 6.42 Å². The zero-order valence-corrected chi connectivity index (χ0v) is 6.69. The molecular weight excluding hydrogens is 127 g/mol. The fourth-order valence-corrected chi connectivity index (χ4v) is 2.91. The van der Waals surface area contributed by atoms with Crippen LogP contribution in [0.15, 0.2) is 25.3 Å². The quantitative estimate of drug-likeness (QED) is 0.408. The molecule has 0 spiro atoms. The van der Waals surface area contributed by atoms with Gasteiger partial charge in [0.2, 0.25) is 0 Å². The minimum atomic E-state index is 0.318. The molecule has 1 aliphatic heterocycles. The normalized spacial score (nSPS) is 26.2. The third-order valence-electron chi connectivity index (χ3n) is 2.03. The Hall–Kier alpha value is -0.0900. The predicted octanol–water partition coefficient (Wildman–Crippen LogP) is 2.43. The highest BCUT2D eigenvalue weighted by Crippen LogP contribution is 2.41. The van der Waals surface area contributed by atoms with Crippen molar-refractivity contribution in [1.29, 1.82) is 0 Å². The molecule has 0 N–H and O–H groups in total. The molecule has 1 aliphatic rings. The fraction of sp³-hybridized carbons (Fsp3) is 0.500. The first-order chi connectivity index (χ1) is 4.33. The van der Waals surface area contributed by atoms with Gasteiger partial charge in [-0.25, -0.2) is 0 Å². The monoisotopic (exact) mass is 140 g/mol. The van der Waals surface area contributed by atoms with Crippen LogP contribution in [0.3, 0.4) is 0 Å². The van der Waals surface area contributed by atoms with Crippen LogP contribution in [0.1, 0.15) is 6.42 Å². The maximum absolute atomic E-state index is 3.82. The molecule has 9 heavy (non-hydrogen) atoms. The molecule has 0 aromatic carbocycles. The van der Waals surface area contributed by atoms with Gasteiger partial charge in [0.15, 0.2) is 0 Å². The maximum Gasteiger partial charge on any atom is 0.00958 e. The van der Waals surface area contributed by atoms with Crippen LogP contribution in [0.25, 0.3) is 0 Å². The summed E-state index contributed by atoms with van der Waals surface area (Å²) in [5, 5.41) is 0. The van der Waals surface area contributed by atoms with Gasteiger partial charge in [-0.1, -0.05) is 12.2 Å². The summed E-state index contributed by atoms with van der Waals surface area (Å²) in [4.78, 5) is 0. The molecule has 1 fully saturated rings. The molecule has 50 valence electrons. The van der Waals surface area contributed by atoms with E-state index in [9.17, 15) is 0 Å². The first kappa shape index (κ1) is 7.02. The highest BCUT2D eigenvalue weighted by atomic mass is 31.1. The van der Waals surface area contributed by atoms with Crippen LogP contribution in [0.4, 0.5) is 0 Å². The molecule has 0 aromatic heterocycles. The van der Waals surface area contributed by atoms with Crippen molar-refractivity contribution in [2.24, 2.45) is 5.41 Å². The van der Waals surface area contributed by atoms with E-state index >= 15 is 0 Å². The Morgan fingerprint density at radius 2 is 2.00 bits per heavy atom. The minimum Gasteiger partial charge on any atom is -0.121 e. The fourth-order valence-electron chi connectivity index (χ4n) is 1.16. The third kappa shape index (κ3) is 1.24. The van der Waals surface area contributed by atoms with E-state index in [1.807, 2.05) is 0 Å².